The van der Waals surface area contributed by atoms with Crippen LogP contribution in [0.1, 0.15) is 35.8 Å². The number of aromatic nitrogens is 2. The molecule has 9 nitrogen and oxygen atoms in total. The van der Waals surface area contributed by atoms with E-state index in [9.17, 15) is 18.0 Å². The van der Waals surface area contributed by atoms with E-state index in [4.69, 9.17) is 0 Å². The van der Waals surface area contributed by atoms with Gasteiger partial charge in [0.15, 0.2) is 5.78 Å². The fourth-order valence-corrected chi connectivity index (χ4v) is 5.35. The van der Waals surface area contributed by atoms with Crippen LogP contribution in [0.3, 0.4) is 0 Å². The number of piperidine rings is 1. The summed E-state index contributed by atoms with van der Waals surface area (Å²) in [7, 11) is -3.65. The zero-order chi connectivity index (χ0) is 20.6. The highest BCUT2D eigenvalue weighted by Crippen LogP contribution is 2.28. The van der Waals surface area contributed by atoms with Gasteiger partial charge < -0.3 is 10.3 Å². The number of nitrogens with one attached hydrogen (secondary N) is 3. The fraction of sp³-hybridized carbons (Fsp3) is 0.421. The number of hydrogen-bond acceptors (Lipinski definition) is 6. The van der Waals surface area contributed by atoms with Crippen molar-refractivity contribution in [1.82, 2.24) is 24.9 Å². The molecular formula is C19H23N5O4S. The Morgan fingerprint density at radius 2 is 1.93 bits per heavy atom. The van der Waals surface area contributed by atoms with Crippen LogP contribution in [-0.4, -0.2) is 59.2 Å². The van der Waals surface area contributed by atoms with Gasteiger partial charge in [-0.25, -0.2) is 13.4 Å². The first kappa shape index (κ1) is 19.7. The van der Waals surface area contributed by atoms with E-state index in [1.165, 1.54) is 35.5 Å². The molecule has 3 N–H and O–H groups in total. The molecule has 1 unspecified atom stereocenters. The van der Waals surface area contributed by atoms with Crippen molar-refractivity contribution in [3.63, 3.8) is 0 Å². The van der Waals surface area contributed by atoms with Crippen LogP contribution in [-0.2, 0) is 21.2 Å². The summed E-state index contributed by atoms with van der Waals surface area (Å²) >= 11 is 0. The Kier molecular flexibility index (Phi) is 5.01. The SMILES string of the molecule is CC(=O)c1ccc(S(=O)(=O)N2CCC3(CC2)NC(=O)C(Cc2cnc[nH]2)N3)cc1. The first-order valence-electron chi connectivity index (χ1n) is 9.47. The number of amides is 1. The molecule has 0 saturated carbocycles. The van der Waals surface area contributed by atoms with Crippen LogP contribution < -0.4 is 10.6 Å². The van der Waals surface area contributed by atoms with E-state index in [0.717, 1.165) is 5.69 Å². The summed E-state index contributed by atoms with van der Waals surface area (Å²) in [5, 5.41) is 6.38. The van der Waals surface area contributed by atoms with Crippen molar-refractivity contribution in [2.45, 2.75) is 42.8 Å². The van der Waals surface area contributed by atoms with E-state index in [1.807, 2.05) is 0 Å². The first-order chi connectivity index (χ1) is 13.8. The molecule has 4 rings (SSSR count). The Hall–Kier alpha value is -2.56. The first-order valence-corrected chi connectivity index (χ1v) is 10.9. The van der Waals surface area contributed by atoms with Crippen LogP contribution in [0.5, 0.6) is 0 Å². The molecule has 154 valence electrons. The molecular weight excluding hydrogens is 394 g/mol. The molecule has 0 radical (unpaired) electrons. The van der Waals surface area contributed by atoms with Crippen LogP contribution in [0.2, 0.25) is 0 Å². The highest BCUT2D eigenvalue weighted by Gasteiger charge is 2.46. The van der Waals surface area contributed by atoms with Gasteiger partial charge in [-0.15, -0.1) is 0 Å². The maximum Gasteiger partial charge on any atom is 0.243 e. The predicted octanol–water partition coefficient (Wildman–Crippen LogP) is 0.424. The van der Waals surface area contributed by atoms with Gasteiger partial charge in [-0.3, -0.25) is 14.9 Å². The minimum Gasteiger partial charge on any atom is -0.348 e. The number of aromatic amines is 1. The molecule has 0 aliphatic carbocycles. The maximum atomic E-state index is 12.9. The van der Waals surface area contributed by atoms with Gasteiger partial charge >= 0.3 is 0 Å². The lowest BCUT2D eigenvalue weighted by atomic mass is 9.99. The van der Waals surface area contributed by atoms with Gasteiger partial charge in [0.25, 0.3) is 0 Å². The van der Waals surface area contributed by atoms with Crippen molar-refractivity contribution in [2.75, 3.05) is 13.1 Å². The number of imidazole rings is 1. The number of ketones is 1. The molecule has 1 atom stereocenters. The van der Waals surface area contributed by atoms with Crippen molar-refractivity contribution in [3.05, 3.63) is 48.0 Å². The highest BCUT2D eigenvalue weighted by molar-refractivity contribution is 7.89. The molecule has 1 spiro atoms. The molecule has 1 amide bonds. The highest BCUT2D eigenvalue weighted by atomic mass is 32.2. The van der Waals surface area contributed by atoms with Crippen LogP contribution in [0.25, 0.3) is 0 Å². The van der Waals surface area contributed by atoms with Crippen LogP contribution >= 0.6 is 0 Å². The fourth-order valence-electron chi connectivity index (χ4n) is 3.91. The third-order valence-electron chi connectivity index (χ3n) is 5.58. The summed E-state index contributed by atoms with van der Waals surface area (Å²) in [5.74, 6) is -0.197. The summed E-state index contributed by atoms with van der Waals surface area (Å²) < 4.78 is 27.3. The van der Waals surface area contributed by atoms with E-state index in [-0.39, 0.29) is 22.6 Å². The molecule has 2 aromatic rings. The number of benzene rings is 1. The number of sulfonamides is 1. The Bertz CT molecular complexity index is 1010. The Morgan fingerprint density at radius 1 is 1.24 bits per heavy atom. The topological polar surface area (TPSA) is 124 Å². The molecule has 1 aromatic carbocycles. The van der Waals surface area contributed by atoms with Gasteiger partial charge in [-0.05, 0) is 31.9 Å². The molecule has 2 aliphatic rings. The molecule has 1 aromatic heterocycles. The van der Waals surface area contributed by atoms with E-state index in [0.29, 0.717) is 37.9 Å². The molecule has 3 heterocycles. The quantitative estimate of drug-likeness (QED) is 0.606. The smallest absolute Gasteiger partial charge is 0.243 e. The normalized spacial score (nSPS) is 22.0. The Morgan fingerprint density at radius 3 is 2.52 bits per heavy atom. The number of Topliss-reactive ketones (excluding diaryl/α,β-unsaturated/α-hetero) is 1. The zero-order valence-corrected chi connectivity index (χ0v) is 16.8. The Balaban J connectivity index is 1.42. The van der Waals surface area contributed by atoms with Gasteiger partial charge in [-0.2, -0.15) is 4.31 Å². The predicted molar refractivity (Wildman–Crippen MR) is 105 cm³/mol. The molecule has 0 bridgehead atoms. The number of nitrogens with zero attached hydrogens (tertiary/aromatic N) is 2. The second-order valence-corrected chi connectivity index (χ2v) is 9.47. The zero-order valence-electron chi connectivity index (χ0n) is 16.0. The van der Waals surface area contributed by atoms with Crippen molar-refractivity contribution in [3.8, 4) is 0 Å². The van der Waals surface area contributed by atoms with Crippen molar-refractivity contribution >= 4 is 21.7 Å². The van der Waals surface area contributed by atoms with E-state index < -0.39 is 15.7 Å². The molecule has 2 aliphatic heterocycles. The number of rotatable bonds is 5. The molecule has 2 fully saturated rings. The van der Waals surface area contributed by atoms with E-state index in [1.54, 1.807) is 12.5 Å². The van der Waals surface area contributed by atoms with Crippen LogP contribution in [0.15, 0.2) is 41.7 Å². The monoisotopic (exact) mass is 417 g/mol. The molecule has 2 saturated heterocycles. The number of hydrogen-bond donors (Lipinski definition) is 3. The average Bonchev–Trinajstić information content (AvgIpc) is 3.31. The van der Waals surface area contributed by atoms with E-state index >= 15 is 0 Å². The largest absolute Gasteiger partial charge is 0.348 e. The van der Waals surface area contributed by atoms with Crippen LogP contribution in [0, 0.1) is 0 Å². The standard InChI is InChI=1S/C19H23N5O4S/c1-13(25)14-2-4-16(5-3-14)29(27,28)24-8-6-19(7-9-24)22-17(18(26)23-19)10-15-11-20-12-21-15/h2-5,11-12,17,22H,6-10H2,1H3,(H,20,21)(H,23,26). The van der Waals surface area contributed by atoms with Crippen LogP contribution in [0.4, 0.5) is 0 Å². The van der Waals surface area contributed by atoms with Crippen molar-refractivity contribution in [2.24, 2.45) is 0 Å². The Labute approximate surface area is 168 Å². The van der Waals surface area contributed by atoms with Gasteiger partial charge in [-0.1, -0.05) is 12.1 Å². The van der Waals surface area contributed by atoms with Crippen molar-refractivity contribution < 1.29 is 18.0 Å². The number of H-pyrrole nitrogens is 1. The van der Waals surface area contributed by atoms with Gasteiger partial charge in [0.1, 0.15) is 0 Å². The minimum absolute atomic E-state index is 0.0873. The van der Waals surface area contributed by atoms with Crippen molar-refractivity contribution in [1.29, 1.82) is 0 Å². The summed E-state index contributed by atoms with van der Waals surface area (Å²) in [4.78, 5) is 30.9. The minimum atomic E-state index is -3.65. The molecule has 10 heteroatoms. The summed E-state index contributed by atoms with van der Waals surface area (Å²) in [5.41, 5.74) is 0.748. The number of carbonyl (C=O) groups excluding carboxylic acids is 2. The lowest BCUT2D eigenvalue weighted by Gasteiger charge is -2.38. The summed E-state index contributed by atoms with van der Waals surface area (Å²) in [6.07, 6.45) is 4.71. The van der Waals surface area contributed by atoms with Gasteiger partial charge in [0, 0.05) is 37.0 Å². The maximum absolute atomic E-state index is 12.9. The second-order valence-electron chi connectivity index (χ2n) is 7.53. The summed E-state index contributed by atoms with van der Waals surface area (Å²) in [6, 6.07) is 5.61. The van der Waals surface area contributed by atoms with Gasteiger partial charge in [0.05, 0.1) is 22.9 Å². The van der Waals surface area contributed by atoms with Gasteiger partial charge in [0.2, 0.25) is 15.9 Å². The lowest BCUT2D eigenvalue weighted by Crippen LogP contribution is -2.58. The average molecular weight is 417 g/mol. The van der Waals surface area contributed by atoms with E-state index in [2.05, 4.69) is 20.6 Å². The molecule has 29 heavy (non-hydrogen) atoms. The summed E-state index contributed by atoms with van der Waals surface area (Å²) in [6.45, 7) is 2.03. The lowest BCUT2D eigenvalue weighted by molar-refractivity contribution is -0.121. The second kappa shape index (κ2) is 7.36. The third kappa shape index (κ3) is 3.83. The third-order valence-corrected chi connectivity index (χ3v) is 7.50. The number of carbonyl (C=O) groups is 2.